The molecule has 0 bridgehead atoms. The minimum absolute atomic E-state index is 0.0664. The van der Waals surface area contributed by atoms with Crippen LogP contribution in [-0.2, 0) is 9.53 Å². The van der Waals surface area contributed by atoms with Crippen molar-refractivity contribution in [2.45, 2.75) is 12.8 Å². The summed E-state index contributed by atoms with van der Waals surface area (Å²) < 4.78 is 5.07. The third kappa shape index (κ3) is 1.58. The molecule has 1 rings (SSSR count). The molecule has 1 aliphatic heterocycles. The van der Waals surface area contributed by atoms with Crippen LogP contribution in [0.5, 0.6) is 0 Å². The molecule has 1 aliphatic rings. The van der Waals surface area contributed by atoms with Crippen LogP contribution >= 0.6 is 0 Å². The van der Waals surface area contributed by atoms with Crippen LogP contribution in [0.15, 0.2) is 0 Å². The summed E-state index contributed by atoms with van der Waals surface area (Å²) in [5.74, 6) is 2.14. The van der Waals surface area contributed by atoms with Gasteiger partial charge in [-0.05, 0) is 18.8 Å². The summed E-state index contributed by atoms with van der Waals surface area (Å²) >= 11 is 0. The van der Waals surface area contributed by atoms with Crippen molar-refractivity contribution in [1.82, 2.24) is 0 Å². The third-order valence-corrected chi connectivity index (χ3v) is 1.73. The molecule has 0 atom stereocenters. The van der Waals surface area contributed by atoms with E-state index >= 15 is 0 Å². The molecule has 0 aromatic heterocycles. The summed E-state index contributed by atoms with van der Waals surface area (Å²) in [5.41, 5.74) is 0. The van der Waals surface area contributed by atoms with Crippen LogP contribution in [0, 0.1) is 18.3 Å². The SMILES string of the molecule is C#CC(=O)C1CCOCC1. The van der Waals surface area contributed by atoms with Gasteiger partial charge in [-0.2, -0.15) is 0 Å². The predicted molar refractivity (Wildman–Crippen MR) is 37.4 cm³/mol. The van der Waals surface area contributed by atoms with E-state index in [4.69, 9.17) is 11.2 Å². The molecule has 1 saturated heterocycles. The van der Waals surface area contributed by atoms with Gasteiger partial charge < -0.3 is 4.74 Å². The van der Waals surface area contributed by atoms with Gasteiger partial charge in [0.1, 0.15) is 0 Å². The molecule has 0 spiro atoms. The minimum atomic E-state index is -0.0664. The molecular weight excluding hydrogens is 128 g/mol. The molecule has 0 N–H and O–H groups in total. The molecule has 0 unspecified atom stereocenters. The van der Waals surface area contributed by atoms with Gasteiger partial charge >= 0.3 is 0 Å². The summed E-state index contributed by atoms with van der Waals surface area (Å²) in [5, 5.41) is 0. The first kappa shape index (κ1) is 7.30. The Labute approximate surface area is 60.6 Å². The zero-order chi connectivity index (χ0) is 7.40. The van der Waals surface area contributed by atoms with E-state index in [1.165, 1.54) is 0 Å². The van der Waals surface area contributed by atoms with Crippen molar-refractivity contribution < 1.29 is 9.53 Å². The maximum absolute atomic E-state index is 10.9. The zero-order valence-corrected chi connectivity index (χ0v) is 5.80. The Kier molecular flexibility index (Phi) is 2.47. The van der Waals surface area contributed by atoms with Crippen LogP contribution < -0.4 is 0 Å². The van der Waals surface area contributed by atoms with Gasteiger partial charge in [-0.25, -0.2) is 0 Å². The number of hydrogen-bond acceptors (Lipinski definition) is 2. The van der Waals surface area contributed by atoms with E-state index in [0.29, 0.717) is 13.2 Å². The Hall–Kier alpha value is -0.810. The van der Waals surface area contributed by atoms with Gasteiger partial charge in [0.25, 0.3) is 0 Å². The van der Waals surface area contributed by atoms with Gasteiger partial charge in [0.15, 0.2) is 0 Å². The van der Waals surface area contributed by atoms with Crippen molar-refractivity contribution in [1.29, 1.82) is 0 Å². The predicted octanol–water partition coefficient (Wildman–Crippen LogP) is 0.615. The highest BCUT2D eigenvalue weighted by Crippen LogP contribution is 2.14. The summed E-state index contributed by atoms with van der Waals surface area (Å²) in [7, 11) is 0. The smallest absolute Gasteiger partial charge is 0.208 e. The fourth-order valence-corrected chi connectivity index (χ4v) is 1.08. The van der Waals surface area contributed by atoms with E-state index in [0.717, 1.165) is 12.8 Å². The molecule has 0 saturated carbocycles. The second-order valence-electron chi connectivity index (χ2n) is 2.40. The number of ether oxygens (including phenoxy) is 1. The highest BCUT2D eigenvalue weighted by molar-refractivity contribution is 5.96. The first-order valence-corrected chi connectivity index (χ1v) is 3.43. The van der Waals surface area contributed by atoms with Crippen molar-refractivity contribution in [3.05, 3.63) is 0 Å². The summed E-state index contributed by atoms with van der Waals surface area (Å²) in [4.78, 5) is 10.9. The van der Waals surface area contributed by atoms with E-state index < -0.39 is 0 Å². The molecule has 0 radical (unpaired) electrons. The van der Waals surface area contributed by atoms with E-state index in [1.54, 1.807) is 0 Å². The molecule has 1 fully saturated rings. The monoisotopic (exact) mass is 138 g/mol. The zero-order valence-electron chi connectivity index (χ0n) is 5.80. The topological polar surface area (TPSA) is 26.3 Å². The van der Waals surface area contributed by atoms with Crippen LogP contribution in [-0.4, -0.2) is 19.0 Å². The number of Topliss-reactive ketones (excluding diaryl/α,β-unsaturated/α-hetero) is 1. The molecule has 10 heavy (non-hydrogen) atoms. The number of carbonyl (C=O) groups is 1. The van der Waals surface area contributed by atoms with Crippen LogP contribution in [0.3, 0.4) is 0 Å². The fraction of sp³-hybridized carbons (Fsp3) is 0.625. The van der Waals surface area contributed by atoms with Crippen molar-refractivity contribution in [3.8, 4) is 12.3 Å². The lowest BCUT2D eigenvalue weighted by molar-refractivity contribution is -0.120. The molecular formula is C8H10O2. The van der Waals surface area contributed by atoms with Gasteiger partial charge in [0, 0.05) is 19.1 Å². The lowest BCUT2D eigenvalue weighted by Gasteiger charge is -2.18. The Morgan fingerprint density at radius 2 is 2.10 bits per heavy atom. The molecule has 0 aromatic rings. The van der Waals surface area contributed by atoms with E-state index in [1.807, 2.05) is 0 Å². The Morgan fingerprint density at radius 3 is 2.60 bits per heavy atom. The summed E-state index contributed by atoms with van der Waals surface area (Å²) in [6.07, 6.45) is 6.55. The minimum Gasteiger partial charge on any atom is -0.381 e. The quantitative estimate of drug-likeness (QED) is 0.392. The number of terminal acetylenes is 1. The van der Waals surface area contributed by atoms with Crippen LogP contribution in [0.4, 0.5) is 0 Å². The van der Waals surface area contributed by atoms with E-state index in [2.05, 4.69) is 5.92 Å². The van der Waals surface area contributed by atoms with E-state index in [9.17, 15) is 4.79 Å². The van der Waals surface area contributed by atoms with Gasteiger partial charge in [0.2, 0.25) is 5.78 Å². The van der Waals surface area contributed by atoms with Crippen molar-refractivity contribution in [2.75, 3.05) is 13.2 Å². The van der Waals surface area contributed by atoms with Gasteiger partial charge in [-0.1, -0.05) is 0 Å². The fourth-order valence-electron chi connectivity index (χ4n) is 1.08. The van der Waals surface area contributed by atoms with E-state index in [-0.39, 0.29) is 11.7 Å². The Bertz CT molecular complexity index is 161. The lowest BCUT2D eigenvalue weighted by atomic mass is 9.96. The highest BCUT2D eigenvalue weighted by Gasteiger charge is 2.19. The van der Waals surface area contributed by atoms with Gasteiger partial charge in [0.05, 0.1) is 0 Å². The Morgan fingerprint density at radius 1 is 1.50 bits per heavy atom. The van der Waals surface area contributed by atoms with Crippen molar-refractivity contribution in [3.63, 3.8) is 0 Å². The maximum atomic E-state index is 10.9. The standard InChI is InChI=1S/C8H10O2/c1-2-8(9)7-3-5-10-6-4-7/h1,7H,3-6H2. The Balaban J connectivity index is 2.40. The molecule has 54 valence electrons. The normalized spacial score (nSPS) is 19.9. The highest BCUT2D eigenvalue weighted by atomic mass is 16.5. The van der Waals surface area contributed by atoms with Gasteiger partial charge in [-0.3, -0.25) is 4.79 Å². The lowest BCUT2D eigenvalue weighted by Crippen LogP contribution is -2.22. The largest absolute Gasteiger partial charge is 0.381 e. The summed E-state index contributed by atoms with van der Waals surface area (Å²) in [6.45, 7) is 1.36. The van der Waals surface area contributed by atoms with Crippen molar-refractivity contribution >= 4 is 5.78 Å². The third-order valence-electron chi connectivity index (χ3n) is 1.73. The van der Waals surface area contributed by atoms with Crippen LogP contribution in [0.25, 0.3) is 0 Å². The molecule has 0 amide bonds. The summed E-state index contributed by atoms with van der Waals surface area (Å²) in [6, 6.07) is 0. The van der Waals surface area contributed by atoms with Gasteiger partial charge in [-0.15, -0.1) is 6.42 Å². The number of rotatable bonds is 1. The first-order valence-electron chi connectivity index (χ1n) is 3.43. The molecule has 0 aromatic carbocycles. The second-order valence-corrected chi connectivity index (χ2v) is 2.40. The van der Waals surface area contributed by atoms with Crippen LogP contribution in [0.2, 0.25) is 0 Å². The number of ketones is 1. The molecule has 2 nitrogen and oxygen atoms in total. The first-order chi connectivity index (χ1) is 4.84. The second kappa shape index (κ2) is 3.38. The molecule has 0 aliphatic carbocycles. The maximum Gasteiger partial charge on any atom is 0.208 e. The number of carbonyl (C=O) groups excluding carboxylic acids is 1. The molecule has 2 heteroatoms. The van der Waals surface area contributed by atoms with Crippen LogP contribution in [0.1, 0.15) is 12.8 Å². The number of hydrogen-bond donors (Lipinski definition) is 0. The average molecular weight is 138 g/mol. The molecule has 1 heterocycles. The average Bonchev–Trinajstić information content (AvgIpc) is 2.05. The van der Waals surface area contributed by atoms with Crippen molar-refractivity contribution in [2.24, 2.45) is 5.92 Å².